The van der Waals surface area contributed by atoms with Crippen LogP contribution in [0, 0.1) is 24.7 Å². The van der Waals surface area contributed by atoms with Crippen molar-refractivity contribution in [2.45, 2.75) is 31.8 Å². The summed E-state index contributed by atoms with van der Waals surface area (Å²) in [6, 6.07) is 0. The Balaban J connectivity index is 3.07. The number of aliphatic hydroxyl groups excluding tert-OH is 1. The molecule has 0 saturated heterocycles. The highest BCUT2D eigenvalue weighted by Gasteiger charge is 1.96. The van der Waals surface area contributed by atoms with Crippen molar-refractivity contribution in [3.8, 4) is 24.7 Å². The molecule has 0 bridgehead atoms. The van der Waals surface area contributed by atoms with Gasteiger partial charge in [-0.25, -0.2) is 0 Å². The Labute approximate surface area is 62.5 Å². The third-order valence-electron chi connectivity index (χ3n) is 1.24. The van der Waals surface area contributed by atoms with Crippen molar-refractivity contribution in [3.05, 3.63) is 0 Å². The van der Waals surface area contributed by atoms with E-state index in [9.17, 15) is 0 Å². The zero-order valence-corrected chi connectivity index (χ0v) is 6.01. The van der Waals surface area contributed by atoms with Crippen LogP contribution in [0.15, 0.2) is 0 Å². The first-order valence-corrected chi connectivity index (χ1v) is 3.39. The van der Waals surface area contributed by atoms with Crippen LogP contribution < -0.4 is 0 Å². The minimum Gasteiger partial charge on any atom is -0.380 e. The fourth-order valence-corrected chi connectivity index (χ4v) is 0.648. The first-order chi connectivity index (χ1) is 4.81. The van der Waals surface area contributed by atoms with E-state index in [4.69, 9.17) is 18.0 Å². The Kier molecular flexibility index (Phi) is 5.63. The van der Waals surface area contributed by atoms with E-state index in [0.29, 0.717) is 6.42 Å². The van der Waals surface area contributed by atoms with Gasteiger partial charge in [-0.15, -0.1) is 18.8 Å². The molecule has 0 aromatic rings. The molecule has 1 nitrogen and oxygen atoms in total. The second-order valence-electron chi connectivity index (χ2n) is 2.13. The molecule has 0 amide bonds. The van der Waals surface area contributed by atoms with E-state index in [-0.39, 0.29) is 0 Å². The summed E-state index contributed by atoms with van der Waals surface area (Å²) < 4.78 is 0. The first-order valence-electron chi connectivity index (χ1n) is 3.39. The summed E-state index contributed by atoms with van der Waals surface area (Å²) in [5.41, 5.74) is 0. The Hall–Kier alpha value is -0.920. The highest BCUT2D eigenvalue weighted by atomic mass is 16.3. The summed E-state index contributed by atoms with van der Waals surface area (Å²) >= 11 is 0. The lowest BCUT2D eigenvalue weighted by Gasteiger charge is -1.99. The van der Waals surface area contributed by atoms with Gasteiger partial charge in [-0.05, 0) is 19.3 Å². The first kappa shape index (κ1) is 9.08. The van der Waals surface area contributed by atoms with Crippen LogP contribution in [0.1, 0.15) is 25.7 Å². The van der Waals surface area contributed by atoms with E-state index in [1.54, 1.807) is 0 Å². The molecule has 10 heavy (non-hydrogen) atoms. The van der Waals surface area contributed by atoms with Gasteiger partial charge in [0.1, 0.15) is 6.10 Å². The zero-order valence-electron chi connectivity index (χ0n) is 6.01. The van der Waals surface area contributed by atoms with Crippen LogP contribution in [-0.2, 0) is 0 Å². The smallest absolute Gasteiger partial charge is 0.114 e. The average Bonchev–Trinajstić information content (AvgIpc) is 1.98. The molecule has 0 aromatic carbocycles. The van der Waals surface area contributed by atoms with Gasteiger partial charge >= 0.3 is 0 Å². The molecule has 0 heterocycles. The molecule has 1 atom stereocenters. The van der Waals surface area contributed by atoms with Crippen LogP contribution in [-0.4, -0.2) is 11.2 Å². The molecule has 0 spiro atoms. The van der Waals surface area contributed by atoms with Crippen LogP contribution >= 0.6 is 0 Å². The highest BCUT2D eigenvalue weighted by molar-refractivity contribution is 4.93. The van der Waals surface area contributed by atoms with Gasteiger partial charge in [0.25, 0.3) is 0 Å². The molecule has 0 aromatic heterocycles. The summed E-state index contributed by atoms with van der Waals surface area (Å²) in [7, 11) is 0. The minimum absolute atomic E-state index is 0.585. The molecule has 54 valence electrons. The number of terminal acetylenes is 2. The molecule has 0 aliphatic rings. The topological polar surface area (TPSA) is 20.2 Å². The molecule has 1 heteroatoms. The van der Waals surface area contributed by atoms with Gasteiger partial charge < -0.3 is 5.11 Å². The lowest BCUT2D eigenvalue weighted by Crippen LogP contribution is -2.00. The molecule has 0 saturated carbocycles. The van der Waals surface area contributed by atoms with E-state index in [2.05, 4.69) is 11.8 Å². The third-order valence-corrected chi connectivity index (χ3v) is 1.24. The molecular weight excluding hydrogens is 124 g/mol. The zero-order chi connectivity index (χ0) is 7.82. The van der Waals surface area contributed by atoms with Gasteiger partial charge in [0, 0.05) is 6.42 Å². The Morgan fingerprint density at radius 2 is 2.00 bits per heavy atom. The van der Waals surface area contributed by atoms with Crippen LogP contribution in [0.3, 0.4) is 0 Å². The molecule has 0 fully saturated rings. The molecule has 0 rings (SSSR count). The summed E-state index contributed by atoms with van der Waals surface area (Å²) in [5.74, 6) is 4.77. The maximum Gasteiger partial charge on any atom is 0.114 e. The largest absolute Gasteiger partial charge is 0.380 e. The second-order valence-corrected chi connectivity index (χ2v) is 2.13. The lowest BCUT2D eigenvalue weighted by atomic mass is 10.1. The Morgan fingerprint density at radius 1 is 1.30 bits per heavy atom. The number of hydrogen-bond donors (Lipinski definition) is 1. The highest BCUT2D eigenvalue weighted by Crippen LogP contribution is 2.01. The summed E-state index contributed by atoms with van der Waals surface area (Å²) in [4.78, 5) is 0. The molecule has 1 unspecified atom stereocenters. The molecule has 0 radical (unpaired) electrons. The predicted octanol–water partition coefficient (Wildman–Crippen LogP) is 1.17. The molecule has 1 N–H and O–H groups in total. The lowest BCUT2D eigenvalue weighted by molar-refractivity contribution is 0.218. The van der Waals surface area contributed by atoms with Crippen LogP contribution in [0.25, 0.3) is 0 Å². The van der Waals surface area contributed by atoms with Crippen molar-refractivity contribution in [1.82, 2.24) is 0 Å². The third kappa shape index (κ3) is 5.22. The monoisotopic (exact) mass is 136 g/mol. The van der Waals surface area contributed by atoms with Gasteiger partial charge in [0.15, 0.2) is 0 Å². The van der Waals surface area contributed by atoms with E-state index in [1.807, 2.05) is 0 Å². The van der Waals surface area contributed by atoms with E-state index < -0.39 is 6.10 Å². The van der Waals surface area contributed by atoms with Crippen LogP contribution in [0.4, 0.5) is 0 Å². The molecule has 0 aliphatic heterocycles. The molecule has 0 aliphatic carbocycles. The number of aliphatic hydroxyl groups is 1. The number of hydrogen-bond acceptors (Lipinski definition) is 1. The van der Waals surface area contributed by atoms with E-state index >= 15 is 0 Å². The summed E-state index contributed by atoms with van der Waals surface area (Å²) in [6.45, 7) is 0. The normalized spacial score (nSPS) is 11.5. The maximum absolute atomic E-state index is 8.87. The van der Waals surface area contributed by atoms with Gasteiger partial charge in [0.05, 0.1) is 0 Å². The van der Waals surface area contributed by atoms with Crippen molar-refractivity contribution in [1.29, 1.82) is 0 Å². The Bertz CT molecular complexity index is 147. The van der Waals surface area contributed by atoms with E-state index in [0.717, 1.165) is 19.3 Å². The predicted molar refractivity (Wildman–Crippen MR) is 42.1 cm³/mol. The van der Waals surface area contributed by atoms with Gasteiger partial charge in [-0.1, -0.05) is 5.92 Å². The second kappa shape index (κ2) is 6.20. The van der Waals surface area contributed by atoms with Crippen LogP contribution in [0.5, 0.6) is 0 Å². The minimum atomic E-state index is -0.585. The van der Waals surface area contributed by atoms with Crippen molar-refractivity contribution < 1.29 is 5.11 Å². The van der Waals surface area contributed by atoms with Crippen molar-refractivity contribution >= 4 is 0 Å². The quantitative estimate of drug-likeness (QED) is 0.454. The average molecular weight is 136 g/mol. The SMILES string of the molecule is C#CCCCCC(O)C#C. The number of rotatable bonds is 4. The standard InChI is InChI=1S/C9H12O/c1-3-5-6-7-8-9(10)4-2/h1-2,9-10H,5-8H2. The Morgan fingerprint density at radius 3 is 2.50 bits per heavy atom. The fraction of sp³-hybridized carbons (Fsp3) is 0.556. The van der Waals surface area contributed by atoms with Crippen molar-refractivity contribution in [2.24, 2.45) is 0 Å². The van der Waals surface area contributed by atoms with Gasteiger partial charge in [0.2, 0.25) is 0 Å². The van der Waals surface area contributed by atoms with Crippen LogP contribution in [0.2, 0.25) is 0 Å². The maximum atomic E-state index is 8.87. The summed E-state index contributed by atoms with van der Waals surface area (Å²) in [6.07, 6.45) is 12.7. The fourth-order valence-electron chi connectivity index (χ4n) is 0.648. The van der Waals surface area contributed by atoms with E-state index in [1.165, 1.54) is 0 Å². The summed E-state index contributed by atoms with van der Waals surface area (Å²) in [5, 5.41) is 8.87. The van der Waals surface area contributed by atoms with Crippen molar-refractivity contribution in [2.75, 3.05) is 0 Å². The van der Waals surface area contributed by atoms with Gasteiger partial charge in [-0.2, -0.15) is 0 Å². The van der Waals surface area contributed by atoms with Crippen molar-refractivity contribution in [3.63, 3.8) is 0 Å². The van der Waals surface area contributed by atoms with Gasteiger partial charge in [-0.3, -0.25) is 0 Å². The molecular formula is C9H12O. The number of unbranched alkanes of at least 4 members (excludes halogenated alkanes) is 2.